The lowest BCUT2D eigenvalue weighted by atomic mass is 10.4. The third-order valence-electron chi connectivity index (χ3n) is 1.40. The van der Waals surface area contributed by atoms with Crippen LogP contribution in [0.25, 0.3) is 0 Å². The molecule has 1 fully saturated rings. The fraction of sp³-hybridized carbons (Fsp3) is 0.625. The molecule has 1 heterocycles. The molecule has 0 saturated carbocycles. The van der Waals surface area contributed by atoms with Crippen molar-refractivity contribution in [1.82, 2.24) is 5.32 Å². The van der Waals surface area contributed by atoms with Gasteiger partial charge in [-0.15, -0.1) is 5.92 Å². The molecule has 0 aromatic heterocycles. The van der Waals surface area contributed by atoms with Crippen molar-refractivity contribution in [3.8, 4) is 11.8 Å². The average molecular weight is 169 g/mol. The Morgan fingerprint density at radius 3 is 3.25 bits per heavy atom. The molecule has 0 spiro atoms. The number of alkyl carbamates (subject to hydrolysis) is 1. The maximum Gasteiger partial charge on any atom is 0.407 e. The van der Waals surface area contributed by atoms with Gasteiger partial charge in [0, 0.05) is 0 Å². The Morgan fingerprint density at radius 1 is 1.83 bits per heavy atom. The summed E-state index contributed by atoms with van der Waals surface area (Å²) in [7, 11) is 0. The first-order chi connectivity index (χ1) is 5.83. The lowest BCUT2D eigenvalue weighted by Gasteiger charge is -2.05. The molecule has 0 aromatic carbocycles. The minimum absolute atomic E-state index is 0.156. The zero-order valence-corrected chi connectivity index (χ0v) is 6.92. The molecule has 0 unspecified atom stereocenters. The Morgan fingerprint density at radius 2 is 2.67 bits per heavy atom. The van der Waals surface area contributed by atoms with Crippen molar-refractivity contribution in [3.63, 3.8) is 0 Å². The predicted octanol–water partition coefficient (Wildman–Crippen LogP) is 0.135. The molecule has 0 aromatic rings. The van der Waals surface area contributed by atoms with Crippen molar-refractivity contribution in [3.05, 3.63) is 0 Å². The van der Waals surface area contributed by atoms with Gasteiger partial charge in [-0.1, -0.05) is 5.92 Å². The lowest BCUT2D eigenvalue weighted by molar-refractivity contribution is 0.0598. The van der Waals surface area contributed by atoms with Crippen LogP contribution in [0.1, 0.15) is 6.92 Å². The van der Waals surface area contributed by atoms with Gasteiger partial charge in [0.1, 0.15) is 12.7 Å². The fourth-order valence-corrected chi connectivity index (χ4v) is 0.838. The molecule has 4 heteroatoms. The number of hydrogen-bond donors (Lipinski definition) is 1. The minimum Gasteiger partial charge on any atom is -0.442 e. The molecule has 1 N–H and O–H groups in total. The van der Waals surface area contributed by atoms with Crippen LogP contribution in [-0.2, 0) is 9.47 Å². The molecule has 1 atom stereocenters. The molecule has 1 aliphatic rings. The van der Waals surface area contributed by atoms with Crippen LogP contribution in [0.2, 0.25) is 0 Å². The monoisotopic (exact) mass is 169 g/mol. The second-order valence-corrected chi connectivity index (χ2v) is 2.35. The first-order valence-electron chi connectivity index (χ1n) is 3.74. The smallest absolute Gasteiger partial charge is 0.407 e. The molecule has 12 heavy (non-hydrogen) atoms. The van der Waals surface area contributed by atoms with Gasteiger partial charge in [-0.3, -0.25) is 0 Å². The Kier molecular flexibility index (Phi) is 3.42. The quantitative estimate of drug-likeness (QED) is 0.482. The van der Waals surface area contributed by atoms with E-state index >= 15 is 0 Å². The van der Waals surface area contributed by atoms with E-state index in [-0.39, 0.29) is 12.2 Å². The van der Waals surface area contributed by atoms with Crippen molar-refractivity contribution in [2.75, 3.05) is 19.8 Å². The highest BCUT2D eigenvalue weighted by atomic mass is 16.6. The second kappa shape index (κ2) is 4.62. The Balaban J connectivity index is 2.06. The predicted molar refractivity (Wildman–Crippen MR) is 42.5 cm³/mol. The summed E-state index contributed by atoms with van der Waals surface area (Å²) in [6.45, 7) is 3.08. The summed E-state index contributed by atoms with van der Waals surface area (Å²) < 4.78 is 9.93. The topological polar surface area (TPSA) is 47.6 Å². The van der Waals surface area contributed by atoms with Crippen LogP contribution in [0.3, 0.4) is 0 Å². The first-order valence-corrected chi connectivity index (χ1v) is 3.74. The van der Waals surface area contributed by atoms with E-state index in [2.05, 4.69) is 17.2 Å². The van der Waals surface area contributed by atoms with Crippen LogP contribution in [0.15, 0.2) is 0 Å². The van der Waals surface area contributed by atoms with Gasteiger partial charge in [0.15, 0.2) is 0 Å². The van der Waals surface area contributed by atoms with Crippen molar-refractivity contribution >= 4 is 6.09 Å². The molecule has 0 radical (unpaired) electrons. The minimum atomic E-state index is -0.370. The van der Waals surface area contributed by atoms with Crippen LogP contribution in [-0.4, -0.2) is 32.0 Å². The zero-order valence-electron chi connectivity index (χ0n) is 6.92. The highest BCUT2D eigenvalue weighted by molar-refractivity contribution is 5.69. The fourth-order valence-electron chi connectivity index (χ4n) is 0.838. The summed E-state index contributed by atoms with van der Waals surface area (Å²) in [5.41, 5.74) is 0. The zero-order chi connectivity index (χ0) is 8.81. The number of carbonyl (C=O) groups is 1. The second-order valence-electron chi connectivity index (χ2n) is 2.35. The normalized spacial score (nSPS) is 20.8. The van der Waals surface area contributed by atoms with Gasteiger partial charge in [0.25, 0.3) is 0 Å². The molecule has 0 aliphatic carbocycles. The van der Waals surface area contributed by atoms with Crippen LogP contribution in [0.5, 0.6) is 0 Å². The van der Waals surface area contributed by atoms with Crippen molar-refractivity contribution in [2.45, 2.75) is 13.0 Å². The van der Waals surface area contributed by atoms with Gasteiger partial charge in [0.05, 0.1) is 13.2 Å². The first kappa shape index (κ1) is 8.88. The number of rotatable bonds is 3. The Labute approximate surface area is 71.2 Å². The molecular weight excluding hydrogens is 158 g/mol. The van der Waals surface area contributed by atoms with E-state index in [1.807, 2.05) is 0 Å². The summed E-state index contributed by atoms with van der Waals surface area (Å²) in [6, 6.07) is 0. The van der Waals surface area contributed by atoms with E-state index in [1.165, 1.54) is 0 Å². The van der Waals surface area contributed by atoms with E-state index in [1.54, 1.807) is 6.92 Å². The van der Waals surface area contributed by atoms with Gasteiger partial charge < -0.3 is 14.8 Å². The molecule has 4 nitrogen and oxygen atoms in total. The van der Waals surface area contributed by atoms with E-state index in [9.17, 15) is 4.79 Å². The molecule has 1 aliphatic heterocycles. The van der Waals surface area contributed by atoms with E-state index in [0.717, 1.165) is 0 Å². The van der Waals surface area contributed by atoms with Gasteiger partial charge in [-0.05, 0) is 6.92 Å². The number of amides is 1. The summed E-state index contributed by atoms with van der Waals surface area (Å²) in [5, 5.41) is 2.53. The maximum absolute atomic E-state index is 10.5. The van der Waals surface area contributed by atoms with E-state index < -0.39 is 0 Å². The molecule has 1 saturated heterocycles. The summed E-state index contributed by atoms with van der Waals surface area (Å²) in [6.07, 6.45) is -0.527. The van der Waals surface area contributed by atoms with Crippen molar-refractivity contribution < 1.29 is 14.3 Å². The van der Waals surface area contributed by atoms with Gasteiger partial charge in [0.2, 0.25) is 0 Å². The molecular formula is C8H11NO3. The number of hydrogen-bond acceptors (Lipinski definition) is 3. The average Bonchev–Trinajstić information content (AvgIpc) is 2.45. The number of cyclic esters (lactones) is 1. The van der Waals surface area contributed by atoms with Gasteiger partial charge in [-0.2, -0.15) is 0 Å². The molecule has 0 bridgehead atoms. The van der Waals surface area contributed by atoms with Crippen LogP contribution >= 0.6 is 0 Å². The Bertz CT molecular complexity index is 216. The lowest BCUT2D eigenvalue weighted by Crippen LogP contribution is -2.20. The van der Waals surface area contributed by atoms with Gasteiger partial charge >= 0.3 is 6.09 Å². The van der Waals surface area contributed by atoms with Crippen molar-refractivity contribution in [2.24, 2.45) is 0 Å². The van der Waals surface area contributed by atoms with Crippen LogP contribution in [0, 0.1) is 11.8 Å². The van der Waals surface area contributed by atoms with Crippen molar-refractivity contribution in [1.29, 1.82) is 0 Å². The standard InChI is InChI=1S/C8H11NO3/c1-2-3-4-11-6-7-5-9-8(10)12-7/h7H,4-6H2,1H3,(H,9,10)/t7-/m1/s1. The number of ether oxygens (including phenoxy) is 2. The largest absolute Gasteiger partial charge is 0.442 e. The highest BCUT2D eigenvalue weighted by Crippen LogP contribution is 1.99. The van der Waals surface area contributed by atoms with Crippen LogP contribution < -0.4 is 5.32 Å². The highest BCUT2D eigenvalue weighted by Gasteiger charge is 2.21. The number of carbonyl (C=O) groups excluding carboxylic acids is 1. The maximum atomic E-state index is 10.5. The summed E-state index contributed by atoms with van der Waals surface area (Å²) in [4.78, 5) is 10.5. The third kappa shape index (κ3) is 2.81. The SMILES string of the molecule is CC#CCOC[C@H]1CNC(=O)O1. The molecule has 1 amide bonds. The van der Waals surface area contributed by atoms with E-state index in [0.29, 0.717) is 19.8 Å². The molecule has 1 rings (SSSR count). The summed E-state index contributed by atoms with van der Waals surface area (Å²) in [5.74, 6) is 5.45. The summed E-state index contributed by atoms with van der Waals surface area (Å²) >= 11 is 0. The molecule has 66 valence electrons. The Hall–Kier alpha value is -1.21. The number of nitrogens with one attached hydrogen (secondary N) is 1. The van der Waals surface area contributed by atoms with Crippen LogP contribution in [0.4, 0.5) is 4.79 Å². The van der Waals surface area contributed by atoms with Gasteiger partial charge in [-0.25, -0.2) is 4.79 Å². The third-order valence-corrected chi connectivity index (χ3v) is 1.40. The van der Waals surface area contributed by atoms with E-state index in [4.69, 9.17) is 9.47 Å².